The van der Waals surface area contributed by atoms with Gasteiger partial charge in [0.05, 0.1) is 13.2 Å². The molecule has 29 heavy (non-hydrogen) atoms. The van der Waals surface area contributed by atoms with Crippen LogP contribution in [0.1, 0.15) is 30.9 Å². The maximum atomic E-state index is 12.7. The molecule has 1 saturated carbocycles. The van der Waals surface area contributed by atoms with E-state index in [0.29, 0.717) is 19.3 Å². The van der Waals surface area contributed by atoms with Crippen LogP contribution in [0.3, 0.4) is 0 Å². The third kappa shape index (κ3) is 3.91. The van der Waals surface area contributed by atoms with E-state index in [1.54, 1.807) is 11.1 Å². The lowest BCUT2D eigenvalue weighted by Crippen LogP contribution is -2.48. The highest BCUT2D eigenvalue weighted by Gasteiger charge is 2.57. The first-order valence-corrected chi connectivity index (χ1v) is 11.7. The molecule has 0 bridgehead atoms. The van der Waals surface area contributed by atoms with Crippen molar-refractivity contribution in [3.8, 4) is 0 Å². The molecular weight excluding hydrogens is 362 g/mol. The zero-order valence-electron chi connectivity index (χ0n) is 17.8. The Kier molecular flexibility index (Phi) is 5.53. The summed E-state index contributed by atoms with van der Waals surface area (Å²) in [5.41, 5.74) is 3.11. The van der Waals surface area contributed by atoms with Gasteiger partial charge in [-0.2, -0.15) is 0 Å². The van der Waals surface area contributed by atoms with E-state index in [2.05, 4.69) is 41.0 Å². The van der Waals surface area contributed by atoms with Crippen LogP contribution >= 0.6 is 0 Å². The Labute approximate surface area is 175 Å². The molecular formula is C24H35N3O2. The van der Waals surface area contributed by atoms with Gasteiger partial charge in [0, 0.05) is 38.8 Å². The molecule has 2 saturated heterocycles. The second-order valence-corrected chi connectivity index (χ2v) is 9.44. The van der Waals surface area contributed by atoms with Gasteiger partial charge in [-0.1, -0.05) is 31.2 Å². The van der Waals surface area contributed by atoms with Crippen LogP contribution in [0.15, 0.2) is 24.3 Å². The van der Waals surface area contributed by atoms with Gasteiger partial charge >= 0.3 is 6.03 Å². The number of ether oxygens (including phenoxy) is 1. The molecule has 0 spiro atoms. The Morgan fingerprint density at radius 3 is 2.55 bits per heavy atom. The molecule has 1 aromatic carbocycles. The van der Waals surface area contributed by atoms with Crippen LogP contribution in [0, 0.1) is 17.8 Å². The summed E-state index contributed by atoms with van der Waals surface area (Å²) >= 11 is 0. The number of carbonyl (C=O) groups excluding carboxylic acids is 1. The van der Waals surface area contributed by atoms with Gasteiger partial charge in [-0.3, -0.25) is 4.90 Å². The van der Waals surface area contributed by atoms with Crippen LogP contribution in [0.5, 0.6) is 0 Å². The van der Waals surface area contributed by atoms with E-state index in [-0.39, 0.29) is 6.03 Å². The minimum atomic E-state index is 0.244. The van der Waals surface area contributed by atoms with E-state index in [1.165, 1.54) is 38.8 Å². The summed E-state index contributed by atoms with van der Waals surface area (Å²) in [5, 5.41) is 0. The monoisotopic (exact) mass is 397 g/mol. The highest BCUT2D eigenvalue weighted by atomic mass is 16.5. The lowest BCUT2D eigenvalue weighted by molar-refractivity contribution is 0.0436. The normalized spacial score (nSPS) is 31.0. The smallest absolute Gasteiger partial charge is 0.320 e. The standard InChI is InChI=1S/C24H35N3O2/c1-2-9-26(20-8-7-18-5-3-4-6-19(18)14-20)15-21-22-16-27(17-23(21)22)24(28)25-10-12-29-13-11-25/h3-6,20-23H,2,7-17H2,1H3/t20?,21?,22-,23+. The number of amides is 2. The van der Waals surface area contributed by atoms with Crippen LogP contribution in [0.25, 0.3) is 0 Å². The molecule has 3 fully saturated rings. The minimum absolute atomic E-state index is 0.244. The highest BCUT2D eigenvalue weighted by molar-refractivity contribution is 5.75. The lowest BCUT2D eigenvalue weighted by Gasteiger charge is -2.36. The Morgan fingerprint density at radius 1 is 1.10 bits per heavy atom. The van der Waals surface area contributed by atoms with Gasteiger partial charge in [0.2, 0.25) is 0 Å². The van der Waals surface area contributed by atoms with E-state index in [1.807, 2.05) is 4.90 Å². The zero-order chi connectivity index (χ0) is 19.8. The molecule has 5 nitrogen and oxygen atoms in total. The number of rotatable bonds is 5. The van der Waals surface area contributed by atoms with Crippen molar-refractivity contribution in [1.29, 1.82) is 0 Å². The molecule has 2 aliphatic heterocycles. The van der Waals surface area contributed by atoms with Crippen LogP contribution in [-0.2, 0) is 17.6 Å². The predicted octanol–water partition coefficient (Wildman–Crippen LogP) is 2.89. The van der Waals surface area contributed by atoms with Gasteiger partial charge in [-0.05, 0) is 61.1 Å². The molecule has 2 aliphatic carbocycles. The molecule has 4 atom stereocenters. The number of hydrogen-bond donors (Lipinski definition) is 0. The van der Waals surface area contributed by atoms with Gasteiger partial charge < -0.3 is 14.5 Å². The summed E-state index contributed by atoms with van der Waals surface area (Å²) in [6, 6.07) is 9.94. The van der Waals surface area contributed by atoms with Gasteiger partial charge in [0.15, 0.2) is 0 Å². The fraction of sp³-hybridized carbons (Fsp3) is 0.708. The van der Waals surface area contributed by atoms with E-state index < -0.39 is 0 Å². The third-order valence-electron chi connectivity index (χ3n) is 7.72. The molecule has 0 N–H and O–H groups in total. The van der Waals surface area contributed by atoms with Crippen molar-refractivity contribution in [3.05, 3.63) is 35.4 Å². The van der Waals surface area contributed by atoms with E-state index in [4.69, 9.17) is 4.74 Å². The number of benzene rings is 1. The summed E-state index contributed by atoms with van der Waals surface area (Å²) in [6.07, 6.45) is 4.95. The fourth-order valence-corrected chi connectivity index (χ4v) is 6.00. The quantitative estimate of drug-likeness (QED) is 0.767. The van der Waals surface area contributed by atoms with Crippen molar-refractivity contribution in [2.24, 2.45) is 17.8 Å². The van der Waals surface area contributed by atoms with E-state index in [0.717, 1.165) is 43.9 Å². The lowest BCUT2D eigenvalue weighted by atomic mass is 9.87. The van der Waals surface area contributed by atoms with Crippen LogP contribution in [-0.4, -0.2) is 79.3 Å². The minimum Gasteiger partial charge on any atom is -0.378 e. The first-order chi connectivity index (χ1) is 14.2. The Balaban J connectivity index is 1.15. The SMILES string of the molecule is CCCN(CC1[C@H]2CN(C(=O)N3CCOCC3)C[C@@H]12)C1CCc2ccccc2C1. The molecule has 1 aromatic rings. The molecule has 5 rings (SSSR count). The number of nitrogens with zero attached hydrogens (tertiary/aromatic N) is 3. The molecule has 2 amide bonds. The molecule has 2 unspecified atom stereocenters. The number of morpholine rings is 1. The third-order valence-corrected chi connectivity index (χ3v) is 7.72. The second kappa shape index (κ2) is 8.27. The number of urea groups is 1. The molecule has 5 heteroatoms. The van der Waals surface area contributed by atoms with Gasteiger partial charge in [-0.15, -0.1) is 0 Å². The number of carbonyl (C=O) groups is 1. The zero-order valence-corrected chi connectivity index (χ0v) is 17.8. The molecule has 0 radical (unpaired) electrons. The molecule has 4 aliphatic rings. The number of hydrogen-bond acceptors (Lipinski definition) is 3. The van der Waals surface area contributed by atoms with Gasteiger partial charge in [0.25, 0.3) is 0 Å². The summed E-state index contributed by atoms with van der Waals surface area (Å²) in [5.74, 6) is 2.26. The Morgan fingerprint density at radius 2 is 1.83 bits per heavy atom. The highest BCUT2D eigenvalue weighted by Crippen LogP contribution is 2.52. The summed E-state index contributed by atoms with van der Waals surface area (Å²) in [6.45, 7) is 9.56. The van der Waals surface area contributed by atoms with Crippen LogP contribution in [0.4, 0.5) is 4.79 Å². The first kappa shape index (κ1) is 19.4. The van der Waals surface area contributed by atoms with Crippen LogP contribution in [0.2, 0.25) is 0 Å². The summed E-state index contributed by atoms with van der Waals surface area (Å²) in [4.78, 5) is 19.6. The summed E-state index contributed by atoms with van der Waals surface area (Å²) < 4.78 is 5.39. The predicted molar refractivity (Wildman–Crippen MR) is 114 cm³/mol. The van der Waals surface area contributed by atoms with E-state index >= 15 is 0 Å². The molecule has 2 heterocycles. The van der Waals surface area contributed by atoms with Gasteiger partial charge in [-0.25, -0.2) is 4.79 Å². The maximum absolute atomic E-state index is 12.7. The van der Waals surface area contributed by atoms with Crippen molar-refractivity contribution in [2.75, 3.05) is 52.5 Å². The Bertz CT molecular complexity index is 721. The summed E-state index contributed by atoms with van der Waals surface area (Å²) in [7, 11) is 0. The average molecular weight is 398 g/mol. The first-order valence-electron chi connectivity index (χ1n) is 11.7. The number of piperidine rings is 1. The van der Waals surface area contributed by atoms with Crippen LogP contribution < -0.4 is 0 Å². The number of likely N-dealkylation sites (tertiary alicyclic amines) is 1. The van der Waals surface area contributed by atoms with Crippen molar-refractivity contribution < 1.29 is 9.53 Å². The number of aryl methyl sites for hydroxylation is 1. The second-order valence-electron chi connectivity index (χ2n) is 9.44. The van der Waals surface area contributed by atoms with Crippen molar-refractivity contribution in [1.82, 2.24) is 14.7 Å². The van der Waals surface area contributed by atoms with Crippen molar-refractivity contribution in [2.45, 2.75) is 38.6 Å². The molecule has 158 valence electrons. The van der Waals surface area contributed by atoms with Crippen molar-refractivity contribution in [3.63, 3.8) is 0 Å². The maximum Gasteiger partial charge on any atom is 0.320 e. The topological polar surface area (TPSA) is 36.0 Å². The Hall–Kier alpha value is -1.59. The van der Waals surface area contributed by atoms with Gasteiger partial charge in [0.1, 0.15) is 0 Å². The van der Waals surface area contributed by atoms with E-state index in [9.17, 15) is 4.79 Å². The number of fused-ring (bicyclic) bond motifs is 2. The fourth-order valence-electron chi connectivity index (χ4n) is 6.00. The van der Waals surface area contributed by atoms with Crippen molar-refractivity contribution >= 4 is 6.03 Å². The molecule has 0 aromatic heterocycles. The average Bonchev–Trinajstić information content (AvgIpc) is 3.20. The largest absolute Gasteiger partial charge is 0.378 e.